The third kappa shape index (κ3) is 4.44. The highest BCUT2D eigenvalue weighted by molar-refractivity contribution is 5.79. The number of amides is 1. The molecule has 1 amide bonds. The predicted octanol–water partition coefficient (Wildman–Crippen LogP) is 0.978. The predicted molar refractivity (Wildman–Crippen MR) is 81.5 cm³/mol. The van der Waals surface area contributed by atoms with Crippen LogP contribution in [0.3, 0.4) is 0 Å². The van der Waals surface area contributed by atoms with Gasteiger partial charge in [-0.25, -0.2) is 0 Å². The number of hydrogen-bond acceptors (Lipinski definition) is 4. The number of rotatable bonds is 7. The molecule has 116 valence electrons. The summed E-state index contributed by atoms with van der Waals surface area (Å²) in [7, 11) is 1.65. The first-order chi connectivity index (χ1) is 10.2. The van der Waals surface area contributed by atoms with Crippen LogP contribution in [0.25, 0.3) is 0 Å². The fraction of sp³-hybridized carbons (Fsp3) is 0.562. The Kier molecular flexibility index (Phi) is 6.02. The van der Waals surface area contributed by atoms with Crippen LogP contribution in [-0.2, 0) is 16.0 Å². The van der Waals surface area contributed by atoms with Crippen molar-refractivity contribution in [3.05, 3.63) is 29.8 Å². The molecule has 2 atom stereocenters. The lowest BCUT2D eigenvalue weighted by molar-refractivity contribution is -0.125. The molecule has 2 rings (SSSR count). The van der Waals surface area contributed by atoms with Crippen LogP contribution in [0.1, 0.15) is 12.5 Å². The molecule has 2 unspecified atom stereocenters. The minimum Gasteiger partial charge on any atom is -0.497 e. The molecule has 5 nitrogen and oxygen atoms in total. The van der Waals surface area contributed by atoms with Gasteiger partial charge < -0.3 is 20.1 Å². The minimum absolute atomic E-state index is 0.0707. The molecule has 0 bridgehead atoms. The third-order valence-corrected chi connectivity index (χ3v) is 3.73. The van der Waals surface area contributed by atoms with Crippen LogP contribution in [0.15, 0.2) is 24.3 Å². The second-order valence-corrected chi connectivity index (χ2v) is 5.20. The summed E-state index contributed by atoms with van der Waals surface area (Å²) in [6.45, 7) is 4.63. The van der Waals surface area contributed by atoms with E-state index >= 15 is 0 Å². The second-order valence-electron chi connectivity index (χ2n) is 5.20. The Morgan fingerprint density at radius 3 is 3.05 bits per heavy atom. The summed E-state index contributed by atoms with van der Waals surface area (Å²) in [6.07, 6.45) is 0.794. The quantitative estimate of drug-likeness (QED) is 0.786. The largest absolute Gasteiger partial charge is 0.497 e. The molecule has 1 aliphatic rings. The zero-order valence-corrected chi connectivity index (χ0v) is 12.7. The van der Waals surface area contributed by atoms with E-state index in [1.807, 2.05) is 31.2 Å². The third-order valence-electron chi connectivity index (χ3n) is 3.73. The van der Waals surface area contributed by atoms with E-state index in [9.17, 15) is 4.79 Å². The molecule has 0 spiro atoms. The van der Waals surface area contributed by atoms with Crippen LogP contribution in [0.2, 0.25) is 0 Å². The summed E-state index contributed by atoms with van der Waals surface area (Å²) >= 11 is 0. The number of hydrogen-bond donors (Lipinski definition) is 2. The Hall–Kier alpha value is -1.59. The molecule has 1 heterocycles. The summed E-state index contributed by atoms with van der Waals surface area (Å²) in [6, 6.07) is 8.04. The molecular weight excluding hydrogens is 268 g/mol. The average molecular weight is 292 g/mol. The molecule has 2 N–H and O–H groups in total. The van der Waals surface area contributed by atoms with Crippen molar-refractivity contribution >= 4 is 5.91 Å². The monoisotopic (exact) mass is 292 g/mol. The van der Waals surface area contributed by atoms with Gasteiger partial charge in [0.1, 0.15) is 5.75 Å². The maximum atomic E-state index is 12.2. The van der Waals surface area contributed by atoms with E-state index in [0.717, 1.165) is 24.3 Å². The van der Waals surface area contributed by atoms with Crippen LogP contribution in [0, 0.1) is 5.92 Å². The van der Waals surface area contributed by atoms with Crippen molar-refractivity contribution in [3.63, 3.8) is 0 Å². The number of likely N-dealkylation sites (N-methyl/N-ethyl adjacent to an activating group) is 1. The summed E-state index contributed by atoms with van der Waals surface area (Å²) in [4.78, 5) is 12.2. The van der Waals surface area contributed by atoms with E-state index in [-0.39, 0.29) is 17.9 Å². The van der Waals surface area contributed by atoms with E-state index in [1.54, 1.807) is 7.11 Å². The van der Waals surface area contributed by atoms with Crippen LogP contribution >= 0.6 is 0 Å². The highest BCUT2D eigenvalue weighted by Crippen LogP contribution is 2.15. The van der Waals surface area contributed by atoms with Crippen LogP contribution in [-0.4, -0.2) is 45.4 Å². The first-order valence-corrected chi connectivity index (χ1v) is 7.46. The average Bonchev–Trinajstić information content (AvgIpc) is 2.96. The summed E-state index contributed by atoms with van der Waals surface area (Å²) in [5, 5.41) is 6.30. The van der Waals surface area contributed by atoms with Gasteiger partial charge in [0.15, 0.2) is 0 Å². The van der Waals surface area contributed by atoms with E-state index in [4.69, 9.17) is 9.47 Å². The molecule has 0 saturated carbocycles. The summed E-state index contributed by atoms with van der Waals surface area (Å²) in [5.41, 5.74) is 1.15. The van der Waals surface area contributed by atoms with Gasteiger partial charge in [-0.1, -0.05) is 19.1 Å². The number of carbonyl (C=O) groups excluding carboxylic acids is 1. The molecule has 1 aliphatic heterocycles. The first-order valence-electron chi connectivity index (χ1n) is 7.46. The van der Waals surface area contributed by atoms with Crippen LogP contribution in [0.5, 0.6) is 5.75 Å². The van der Waals surface area contributed by atoms with Gasteiger partial charge >= 0.3 is 0 Å². The van der Waals surface area contributed by atoms with Gasteiger partial charge in [-0.2, -0.15) is 0 Å². The van der Waals surface area contributed by atoms with Gasteiger partial charge in [0.2, 0.25) is 5.91 Å². The number of benzene rings is 1. The van der Waals surface area contributed by atoms with E-state index < -0.39 is 0 Å². The summed E-state index contributed by atoms with van der Waals surface area (Å²) in [5.74, 6) is 0.826. The first kappa shape index (κ1) is 15.8. The number of carbonyl (C=O) groups is 1. The van der Waals surface area contributed by atoms with E-state index in [0.29, 0.717) is 19.8 Å². The van der Waals surface area contributed by atoms with Gasteiger partial charge in [0.05, 0.1) is 26.2 Å². The Bertz CT molecular complexity index is 465. The highest BCUT2D eigenvalue weighted by Gasteiger charge is 2.33. The Labute approximate surface area is 126 Å². The highest BCUT2D eigenvalue weighted by atomic mass is 16.5. The topological polar surface area (TPSA) is 59.6 Å². The zero-order valence-electron chi connectivity index (χ0n) is 12.7. The fourth-order valence-corrected chi connectivity index (χ4v) is 2.57. The van der Waals surface area contributed by atoms with Crippen LogP contribution < -0.4 is 15.4 Å². The van der Waals surface area contributed by atoms with Crippen LogP contribution in [0.4, 0.5) is 0 Å². The lowest BCUT2D eigenvalue weighted by Crippen LogP contribution is -2.44. The van der Waals surface area contributed by atoms with Crippen molar-refractivity contribution in [2.75, 3.05) is 33.4 Å². The maximum Gasteiger partial charge on any atom is 0.227 e. The molecule has 1 aromatic carbocycles. The lowest BCUT2D eigenvalue weighted by atomic mass is 10.0. The van der Waals surface area contributed by atoms with Gasteiger partial charge in [-0.3, -0.25) is 4.79 Å². The SMILES string of the molecule is CCNC1COCC1C(=O)NCCc1cccc(OC)c1. The fourth-order valence-electron chi connectivity index (χ4n) is 2.57. The molecule has 0 aromatic heterocycles. The molecule has 1 aromatic rings. The Morgan fingerprint density at radius 2 is 2.29 bits per heavy atom. The van der Waals surface area contributed by atoms with Crippen molar-refractivity contribution in [2.45, 2.75) is 19.4 Å². The minimum atomic E-state index is -0.0877. The molecule has 21 heavy (non-hydrogen) atoms. The standard InChI is InChI=1S/C16H24N2O3/c1-3-17-15-11-21-10-14(15)16(19)18-8-7-12-5-4-6-13(9-12)20-2/h4-6,9,14-15,17H,3,7-8,10-11H2,1-2H3,(H,18,19). The van der Waals surface area contributed by atoms with Crippen molar-refractivity contribution in [1.82, 2.24) is 10.6 Å². The van der Waals surface area contributed by atoms with Crippen molar-refractivity contribution in [3.8, 4) is 5.75 Å². The lowest BCUT2D eigenvalue weighted by Gasteiger charge is -2.17. The van der Waals surface area contributed by atoms with Crippen molar-refractivity contribution < 1.29 is 14.3 Å². The molecule has 1 fully saturated rings. The molecule has 0 aliphatic carbocycles. The van der Waals surface area contributed by atoms with Gasteiger partial charge in [-0.15, -0.1) is 0 Å². The van der Waals surface area contributed by atoms with E-state index in [2.05, 4.69) is 10.6 Å². The molecular formula is C16H24N2O3. The number of ether oxygens (including phenoxy) is 2. The molecule has 1 saturated heterocycles. The molecule has 5 heteroatoms. The van der Waals surface area contributed by atoms with Gasteiger partial charge in [0, 0.05) is 12.6 Å². The van der Waals surface area contributed by atoms with Gasteiger partial charge in [0.25, 0.3) is 0 Å². The normalized spacial score (nSPS) is 21.2. The Balaban J connectivity index is 1.78. The van der Waals surface area contributed by atoms with Crippen molar-refractivity contribution in [1.29, 1.82) is 0 Å². The number of methoxy groups -OCH3 is 1. The Morgan fingerprint density at radius 1 is 1.43 bits per heavy atom. The number of nitrogens with one attached hydrogen (secondary N) is 2. The maximum absolute atomic E-state index is 12.2. The van der Waals surface area contributed by atoms with Gasteiger partial charge in [-0.05, 0) is 30.7 Å². The van der Waals surface area contributed by atoms with Crippen molar-refractivity contribution in [2.24, 2.45) is 5.92 Å². The smallest absolute Gasteiger partial charge is 0.227 e. The van der Waals surface area contributed by atoms with E-state index in [1.165, 1.54) is 0 Å². The second kappa shape index (κ2) is 8.00. The summed E-state index contributed by atoms with van der Waals surface area (Å²) < 4.78 is 10.6. The molecule has 0 radical (unpaired) electrons. The zero-order chi connectivity index (χ0) is 15.1.